The minimum absolute atomic E-state index is 0.231. The molecule has 0 saturated heterocycles. The molecule has 0 aliphatic heterocycles. The van der Waals surface area contributed by atoms with E-state index >= 15 is 0 Å². The second-order valence-corrected chi connectivity index (χ2v) is 5.40. The van der Waals surface area contributed by atoms with Crippen molar-refractivity contribution >= 4 is 17.7 Å². The van der Waals surface area contributed by atoms with E-state index in [1.165, 1.54) is 0 Å². The van der Waals surface area contributed by atoms with Gasteiger partial charge in [0.25, 0.3) is 0 Å². The zero-order chi connectivity index (χ0) is 12.7. The normalized spacial score (nSPS) is 14.2. The Morgan fingerprint density at radius 2 is 2.29 bits per heavy atom. The van der Waals surface area contributed by atoms with Gasteiger partial charge < -0.3 is 5.11 Å². The van der Waals surface area contributed by atoms with Gasteiger partial charge in [-0.25, -0.2) is 4.98 Å². The van der Waals surface area contributed by atoms with Gasteiger partial charge in [-0.05, 0) is 24.5 Å². The third-order valence-electron chi connectivity index (χ3n) is 2.83. The molecule has 0 spiro atoms. The lowest BCUT2D eigenvalue weighted by Crippen LogP contribution is -2.15. The summed E-state index contributed by atoms with van der Waals surface area (Å²) in [5.41, 5.74) is 0. The molecule has 0 aliphatic carbocycles. The molecule has 1 aromatic heterocycles. The highest BCUT2D eigenvalue weighted by Gasteiger charge is 2.18. The molecule has 0 fully saturated rings. The molecule has 0 bridgehead atoms. The van der Waals surface area contributed by atoms with Gasteiger partial charge in [-0.2, -0.15) is 0 Å². The zero-order valence-electron chi connectivity index (χ0n) is 10.3. The van der Waals surface area contributed by atoms with Crippen molar-refractivity contribution in [2.75, 3.05) is 0 Å². The molecule has 2 atom stereocenters. The quantitative estimate of drug-likeness (QED) is 0.756. The number of carbonyl (C=O) groups is 1. The van der Waals surface area contributed by atoms with Crippen molar-refractivity contribution in [1.82, 2.24) is 4.98 Å². The number of thioether (sulfide) groups is 1. The minimum atomic E-state index is -0.722. The van der Waals surface area contributed by atoms with Crippen LogP contribution in [0.2, 0.25) is 0 Å². The molecule has 4 heteroatoms. The molecule has 1 N–H and O–H groups in total. The second kappa shape index (κ2) is 7.33. The Bertz CT molecular complexity index is 343. The summed E-state index contributed by atoms with van der Waals surface area (Å²) < 4.78 is 0. The maximum absolute atomic E-state index is 10.6. The highest BCUT2D eigenvalue weighted by Crippen LogP contribution is 2.31. The first-order chi connectivity index (χ1) is 8.13. The van der Waals surface area contributed by atoms with Crippen LogP contribution in [-0.4, -0.2) is 21.3 Å². The first kappa shape index (κ1) is 14.0. The topological polar surface area (TPSA) is 50.2 Å². The number of hydrogen-bond donors (Lipinski definition) is 1. The summed E-state index contributed by atoms with van der Waals surface area (Å²) in [5, 5.41) is 10.1. The Balaban J connectivity index is 2.60. The number of carboxylic acid groups (broad SMARTS) is 1. The molecular weight excluding hydrogens is 234 g/mol. The summed E-state index contributed by atoms with van der Waals surface area (Å²) in [6, 6.07) is 5.82. The summed E-state index contributed by atoms with van der Waals surface area (Å²) >= 11 is 1.69. The summed E-state index contributed by atoms with van der Waals surface area (Å²) in [6.45, 7) is 4.31. The van der Waals surface area contributed by atoms with Crippen molar-refractivity contribution in [1.29, 1.82) is 0 Å². The van der Waals surface area contributed by atoms with Crippen molar-refractivity contribution in [2.45, 2.75) is 43.4 Å². The molecule has 0 saturated carbocycles. The van der Waals surface area contributed by atoms with Gasteiger partial charge in [0.05, 0.1) is 5.03 Å². The van der Waals surface area contributed by atoms with Gasteiger partial charge in [-0.3, -0.25) is 4.79 Å². The zero-order valence-corrected chi connectivity index (χ0v) is 11.1. The summed E-state index contributed by atoms with van der Waals surface area (Å²) in [5.74, 6) is -0.221. The van der Waals surface area contributed by atoms with E-state index in [-0.39, 0.29) is 6.42 Å². The number of aliphatic carboxylic acids is 1. The number of pyridine rings is 1. The number of aromatic nitrogens is 1. The van der Waals surface area contributed by atoms with Crippen molar-refractivity contribution in [3.8, 4) is 0 Å². The third-order valence-corrected chi connectivity index (χ3v) is 4.32. The molecule has 1 rings (SSSR count). The molecule has 1 heterocycles. The van der Waals surface area contributed by atoms with E-state index < -0.39 is 5.97 Å². The van der Waals surface area contributed by atoms with Crippen molar-refractivity contribution in [3.05, 3.63) is 24.4 Å². The van der Waals surface area contributed by atoms with Gasteiger partial charge in [0.2, 0.25) is 0 Å². The summed E-state index contributed by atoms with van der Waals surface area (Å²) in [4.78, 5) is 14.9. The Hall–Kier alpha value is -1.03. The minimum Gasteiger partial charge on any atom is -0.481 e. The van der Waals surface area contributed by atoms with E-state index in [1.54, 1.807) is 18.0 Å². The lowest BCUT2D eigenvalue weighted by molar-refractivity contribution is -0.137. The molecule has 17 heavy (non-hydrogen) atoms. The van der Waals surface area contributed by atoms with Crippen LogP contribution in [0.15, 0.2) is 29.4 Å². The fourth-order valence-corrected chi connectivity index (χ4v) is 2.81. The number of rotatable bonds is 7. The summed E-state index contributed by atoms with van der Waals surface area (Å²) in [7, 11) is 0. The van der Waals surface area contributed by atoms with E-state index in [0.29, 0.717) is 17.6 Å². The lowest BCUT2D eigenvalue weighted by Gasteiger charge is -2.21. The second-order valence-electron chi connectivity index (χ2n) is 4.14. The van der Waals surface area contributed by atoms with Gasteiger partial charge in [0.1, 0.15) is 0 Å². The van der Waals surface area contributed by atoms with Gasteiger partial charge in [0.15, 0.2) is 0 Å². The summed E-state index contributed by atoms with van der Waals surface area (Å²) in [6.07, 6.45) is 3.76. The Morgan fingerprint density at radius 1 is 1.53 bits per heavy atom. The van der Waals surface area contributed by atoms with Crippen LogP contribution in [0.4, 0.5) is 0 Å². The predicted molar refractivity (Wildman–Crippen MR) is 70.2 cm³/mol. The molecule has 3 nitrogen and oxygen atoms in total. The van der Waals surface area contributed by atoms with Crippen LogP contribution in [0.25, 0.3) is 0 Å². The monoisotopic (exact) mass is 253 g/mol. The molecule has 0 radical (unpaired) electrons. The maximum Gasteiger partial charge on any atom is 0.303 e. The SMILES string of the molecule is CCC(C)C(CCC(=O)O)Sc1ccccn1. The molecule has 1 aromatic rings. The van der Waals surface area contributed by atoms with Crippen molar-refractivity contribution in [2.24, 2.45) is 5.92 Å². The molecule has 0 amide bonds. The fraction of sp³-hybridized carbons (Fsp3) is 0.538. The van der Waals surface area contributed by atoms with E-state index in [4.69, 9.17) is 5.11 Å². The molecule has 2 unspecified atom stereocenters. The van der Waals surface area contributed by atoms with E-state index in [9.17, 15) is 4.79 Å². The van der Waals surface area contributed by atoms with Crippen molar-refractivity contribution in [3.63, 3.8) is 0 Å². The number of hydrogen-bond acceptors (Lipinski definition) is 3. The lowest BCUT2D eigenvalue weighted by atomic mass is 10.0. The smallest absolute Gasteiger partial charge is 0.303 e. The first-order valence-corrected chi connectivity index (χ1v) is 6.81. The molecule has 0 aliphatic rings. The average molecular weight is 253 g/mol. The average Bonchev–Trinajstić information content (AvgIpc) is 2.34. The van der Waals surface area contributed by atoms with Gasteiger partial charge in [-0.1, -0.05) is 26.3 Å². The standard InChI is InChI=1S/C13H19NO2S/c1-3-10(2)11(7-8-13(15)16)17-12-6-4-5-9-14-12/h4-6,9-11H,3,7-8H2,1-2H3,(H,15,16). The van der Waals surface area contributed by atoms with E-state index in [0.717, 1.165) is 11.4 Å². The molecular formula is C13H19NO2S. The number of carboxylic acids is 1. The van der Waals surface area contributed by atoms with Crippen molar-refractivity contribution < 1.29 is 9.90 Å². The largest absolute Gasteiger partial charge is 0.481 e. The van der Waals surface area contributed by atoms with Gasteiger partial charge in [-0.15, -0.1) is 11.8 Å². The third kappa shape index (κ3) is 5.22. The van der Waals surface area contributed by atoms with Crippen LogP contribution < -0.4 is 0 Å². The number of nitrogens with zero attached hydrogens (tertiary/aromatic N) is 1. The van der Waals surface area contributed by atoms with Crippen LogP contribution in [0.3, 0.4) is 0 Å². The highest BCUT2D eigenvalue weighted by atomic mass is 32.2. The Morgan fingerprint density at radius 3 is 2.82 bits per heavy atom. The highest BCUT2D eigenvalue weighted by molar-refractivity contribution is 7.99. The first-order valence-electron chi connectivity index (χ1n) is 5.93. The van der Waals surface area contributed by atoms with Crippen LogP contribution in [0.1, 0.15) is 33.1 Å². The Labute approximate surface area is 107 Å². The predicted octanol–water partition coefficient (Wildman–Crippen LogP) is 3.45. The molecule has 94 valence electrons. The van der Waals surface area contributed by atoms with Crippen LogP contribution in [-0.2, 0) is 4.79 Å². The van der Waals surface area contributed by atoms with Crippen LogP contribution >= 0.6 is 11.8 Å². The van der Waals surface area contributed by atoms with E-state index in [1.807, 2.05) is 18.2 Å². The fourth-order valence-electron chi connectivity index (χ4n) is 1.56. The van der Waals surface area contributed by atoms with Gasteiger partial charge in [0, 0.05) is 17.9 Å². The molecule has 0 aromatic carbocycles. The van der Waals surface area contributed by atoms with Crippen LogP contribution in [0.5, 0.6) is 0 Å². The van der Waals surface area contributed by atoms with Crippen LogP contribution in [0, 0.1) is 5.92 Å². The van der Waals surface area contributed by atoms with E-state index in [2.05, 4.69) is 18.8 Å². The Kier molecular flexibility index (Phi) is 6.05. The van der Waals surface area contributed by atoms with Gasteiger partial charge >= 0.3 is 5.97 Å². The maximum atomic E-state index is 10.6.